The zero-order valence-electron chi connectivity index (χ0n) is 12.7. The van der Waals surface area contributed by atoms with Gasteiger partial charge in [0.2, 0.25) is 0 Å². The van der Waals surface area contributed by atoms with Crippen LogP contribution in [0.1, 0.15) is 34.0 Å². The summed E-state index contributed by atoms with van der Waals surface area (Å²) in [6.45, 7) is 0. The van der Waals surface area contributed by atoms with Crippen molar-refractivity contribution in [1.29, 1.82) is 0 Å². The molecule has 1 heterocycles. The molecule has 0 amide bonds. The largest absolute Gasteiger partial charge is 0.496 e. The van der Waals surface area contributed by atoms with Crippen LogP contribution in [0.25, 0.3) is 0 Å². The SMILES string of the molecule is COc1cc(OC)c2c(c1C=O)O[C@H](c1ccccc1)CC2. The zero-order valence-corrected chi connectivity index (χ0v) is 12.7. The number of methoxy groups -OCH3 is 2. The molecule has 0 fully saturated rings. The number of ether oxygens (including phenoxy) is 3. The predicted molar refractivity (Wildman–Crippen MR) is 83.1 cm³/mol. The topological polar surface area (TPSA) is 44.8 Å². The number of rotatable bonds is 4. The number of benzene rings is 2. The van der Waals surface area contributed by atoms with Crippen LogP contribution in [0.5, 0.6) is 17.2 Å². The van der Waals surface area contributed by atoms with Crippen LogP contribution in [0.15, 0.2) is 36.4 Å². The fourth-order valence-corrected chi connectivity index (χ4v) is 2.88. The lowest BCUT2D eigenvalue weighted by atomic mass is 9.94. The molecular formula is C18H18O4. The monoisotopic (exact) mass is 298 g/mol. The van der Waals surface area contributed by atoms with Crippen molar-refractivity contribution in [2.24, 2.45) is 0 Å². The average Bonchev–Trinajstić information content (AvgIpc) is 2.60. The molecule has 114 valence electrons. The van der Waals surface area contributed by atoms with Crippen molar-refractivity contribution < 1.29 is 19.0 Å². The summed E-state index contributed by atoms with van der Waals surface area (Å²) in [6, 6.07) is 11.8. The Morgan fingerprint density at radius 3 is 2.50 bits per heavy atom. The summed E-state index contributed by atoms with van der Waals surface area (Å²) in [5.41, 5.74) is 2.48. The molecule has 0 spiro atoms. The summed E-state index contributed by atoms with van der Waals surface area (Å²) in [5, 5.41) is 0. The summed E-state index contributed by atoms with van der Waals surface area (Å²) in [6.07, 6.45) is 2.36. The standard InChI is InChI=1S/C18H18O4/c1-20-16-10-17(21-2)14(11-19)18-13(16)8-9-15(22-18)12-6-4-3-5-7-12/h3-7,10-11,15H,8-9H2,1-2H3/t15-/m0/s1. The highest BCUT2D eigenvalue weighted by molar-refractivity contribution is 5.86. The van der Waals surface area contributed by atoms with E-state index in [0.29, 0.717) is 22.8 Å². The zero-order chi connectivity index (χ0) is 15.5. The molecule has 22 heavy (non-hydrogen) atoms. The summed E-state index contributed by atoms with van der Waals surface area (Å²) in [5.74, 6) is 1.74. The number of fused-ring (bicyclic) bond motifs is 1. The van der Waals surface area contributed by atoms with Gasteiger partial charge in [0.25, 0.3) is 0 Å². The van der Waals surface area contributed by atoms with E-state index < -0.39 is 0 Å². The summed E-state index contributed by atoms with van der Waals surface area (Å²) >= 11 is 0. The van der Waals surface area contributed by atoms with E-state index in [4.69, 9.17) is 14.2 Å². The molecule has 0 N–H and O–H groups in total. The molecular weight excluding hydrogens is 280 g/mol. The van der Waals surface area contributed by atoms with Gasteiger partial charge in [-0.1, -0.05) is 30.3 Å². The van der Waals surface area contributed by atoms with Crippen molar-refractivity contribution in [2.75, 3.05) is 14.2 Å². The lowest BCUT2D eigenvalue weighted by molar-refractivity contribution is 0.110. The van der Waals surface area contributed by atoms with Gasteiger partial charge in [-0.05, 0) is 18.4 Å². The first kappa shape index (κ1) is 14.4. The quantitative estimate of drug-likeness (QED) is 0.809. The first-order chi connectivity index (χ1) is 10.8. The molecule has 0 aliphatic carbocycles. The summed E-state index contributed by atoms with van der Waals surface area (Å²) < 4.78 is 16.8. The minimum absolute atomic E-state index is 0.0655. The molecule has 0 unspecified atom stereocenters. The average molecular weight is 298 g/mol. The normalized spacial score (nSPS) is 16.4. The third-order valence-corrected chi connectivity index (χ3v) is 3.99. The van der Waals surface area contributed by atoms with Crippen LogP contribution >= 0.6 is 0 Å². The molecule has 2 aromatic rings. The maximum Gasteiger partial charge on any atom is 0.157 e. The fraction of sp³-hybridized carbons (Fsp3) is 0.278. The van der Waals surface area contributed by atoms with E-state index in [9.17, 15) is 4.79 Å². The smallest absolute Gasteiger partial charge is 0.157 e. The number of carbonyl (C=O) groups excluding carboxylic acids is 1. The molecule has 3 rings (SSSR count). The van der Waals surface area contributed by atoms with Crippen molar-refractivity contribution in [3.05, 3.63) is 53.1 Å². The second-order valence-corrected chi connectivity index (χ2v) is 5.18. The van der Waals surface area contributed by atoms with Crippen LogP contribution in [-0.2, 0) is 6.42 Å². The Morgan fingerprint density at radius 1 is 1.14 bits per heavy atom. The molecule has 0 aromatic heterocycles. The van der Waals surface area contributed by atoms with Crippen molar-refractivity contribution >= 4 is 6.29 Å². The third kappa shape index (κ3) is 2.41. The maximum absolute atomic E-state index is 11.5. The highest BCUT2D eigenvalue weighted by atomic mass is 16.5. The van der Waals surface area contributed by atoms with Crippen molar-refractivity contribution in [3.63, 3.8) is 0 Å². The van der Waals surface area contributed by atoms with E-state index in [-0.39, 0.29) is 6.10 Å². The highest BCUT2D eigenvalue weighted by Gasteiger charge is 2.28. The minimum Gasteiger partial charge on any atom is -0.496 e. The second kappa shape index (κ2) is 6.10. The first-order valence-corrected chi connectivity index (χ1v) is 7.23. The van der Waals surface area contributed by atoms with E-state index >= 15 is 0 Å². The van der Waals surface area contributed by atoms with Gasteiger partial charge >= 0.3 is 0 Å². The Bertz CT molecular complexity index is 679. The van der Waals surface area contributed by atoms with Crippen LogP contribution in [0, 0.1) is 0 Å². The molecule has 0 bridgehead atoms. The molecule has 1 atom stereocenters. The summed E-state index contributed by atoms with van der Waals surface area (Å²) in [4.78, 5) is 11.5. The molecule has 0 saturated heterocycles. The molecule has 0 radical (unpaired) electrons. The van der Waals surface area contributed by atoms with Crippen LogP contribution < -0.4 is 14.2 Å². The highest BCUT2D eigenvalue weighted by Crippen LogP contribution is 2.45. The Kier molecular flexibility index (Phi) is 4.00. The van der Waals surface area contributed by atoms with E-state index in [1.54, 1.807) is 13.2 Å². The predicted octanol–water partition coefficient (Wildman–Crippen LogP) is 3.58. The van der Waals surface area contributed by atoms with Gasteiger partial charge < -0.3 is 14.2 Å². The Hall–Kier alpha value is -2.49. The Labute approximate surface area is 129 Å². The van der Waals surface area contributed by atoms with Crippen molar-refractivity contribution in [2.45, 2.75) is 18.9 Å². The van der Waals surface area contributed by atoms with Crippen LogP contribution in [0.4, 0.5) is 0 Å². The van der Waals surface area contributed by atoms with Gasteiger partial charge in [-0.3, -0.25) is 4.79 Å². The third-order valence-electron chi connectivity index (χ3n) is 3.99. The van der Waals surface area contributed by atoms with E-state index in [1.165, 1.54) is 7.11 Å². The maximum atomic E-state index is 11.5. The van der Waals surface area contributed by atoms with E-state index in [0.717, 1.165) is 30.3 Å². The first-order valence-electron chi connectivity index (χ1n) is 7.23. The van der Waals surface area contributed by atoms with Gasteiger partial charge in [-0.25, -0.2) is 0 Å². The van der Waals surface area contributed by atoms with Gasteiger partial charge in [0, 0.05) is 11.6 Å². The van der Waals surface area contributed by atoms with Gasteiger partial charge in [-0.15, -0.1) is 0 Å². The molecule has 2 aromatic carbocycles. The van der Waals surface area contributed by atoms with Crippen LogP contribution in [0.2, 0.25) is 0 Å². The lowest BCUT2D eigenvalue weighted by Gasteiger charge is -2.29. The van der Waals surface area contributed by atoms with Crippen molar-refractivity contribution in [3.8, 4) is 17.2 Å². The van der Waals surface area contributed by atoms with Gasteiger partial charge in [0.15, 0.2) is 6.29 Å². The number of hydrogen-bond acceptors (Lipinski definition) is 4. The van der Waals surface area contributed by atoms with E-state index in [1.807, 2.05) is 30.3 Å². The molecule has 4 heteroatoms. The second-order valence-electron chi connectivity index (χ2n) is 5.18. The number of carbonyl (C=O) groups is 1. The lowest BCUT2D eigenvalue weighted by Crippen LogP contribution is -2.17. The van der Waals surface area contributed by atoms with Crippen LogP contribution in [-0.4, -0.2) is 20.5 Å². The number of aldehydes is 1. The van der Waals surface area contributed by atoms with Crippen LogP contribution in [0.3, 0.4) is 0 Å². The molecule has 0 saturated carbocycles. The van der Waals surface area contributed by atoms with Gasteiger partial charge in [0.05, 0.1) is 19.8 Å². The van der Waals surface area contributed by atoms with Gasteiger partial charge in [0.1, 0.15) is 23.4 Å². The molecule has 1 aliphatic rings. The van der Waals surface area contributed by atoms with E-state index in [2.05, 4.69) is 0 Å². The molecule has 4 nitrogen and oxygen atoms in total. The van der Waals surface area contributed by atoms with Crippen molar-refractivity contribution in [1.82, 2.24) is 0 Å². The summed E-state index contributed by atoms with van der Waals surface area (Å²) in [7, 11) is 3.14. The molecule has 1 aliphatic heterocycles. The minimum atomic E-state index is -0.0655. The Balaban J connectivity index is 2.07. The number of hydrogen-bond donors (Lipinski definition) is 0. The Morgan fingerprint density at radius 2 is 1.86 bits per heavy atom. The van der Waals surface area contributed by atoms with Gasteiger partial charge in [-0.2, -0.15) is 0 Å². The fourth-order valence-electron chi connectivity index (χ4n) is 2.88.